The molecule has 0 saturated heterocycles. The Kier molecular flexibility index (Phi) is 6.75. The first-order valence-corrected chi connectivity index (χ1v) is 10.8. The van der Waals surface area contributed by atoms with Crippen LogP contribution in [0.15, 0.2) is 79.0 Å². The highest BCUT2D eigenvalue weighted by Crippen LogP contribution is 2.40. The zero-order valence-electron chi connectivity index (χ0n) is 18.4. The molecule has 2 N–H and O–H groups in total. The smallest absolute Gasteiger partial charge is 0.220 e. The van der Waals surface area contributed by atoms with Crippen LogP contribution in [0.1, 0.15) is 29.0 Å². The average molecular weight is 429 g/mol. The van der Waals surface area contributed by atoms with Crippen molar-refractivity contribution in [3.63, 3.8) is 0 Å². The number of hydrogen-bond donors (Lipinski definition) is 2. The summed E-state index contributed by atoms with van der Waals surface area (Å²) in [5, 5.41) is 4.27. The number of rotatable bonds is 9. The lowest BCUT2D eigenvalue weighted by Crippen LogP contribution is -2.29. The predicted octanol–water partition coefficient (Wildman–Crippen LogP) is 5.07. The van der Waals surface area contributed by atoms with Crippen LogP contribution in [0.4, 0.5) is 0 Å². The van der Waals surface area contributed by atoms with Gasteiger partial charge in [0.1, 0.15) is 0 Å². The Balaban J connectivity index is 1.61. The van der Waals surface area contributed by atoms with Gasteiger partial charge >= 0.3 is 0 Å². The summed E-state index contributed by atoms with van der Waals surface area (Å²) in [6.45, 7) is 0.457. The maximum Gasteiger partial charge on any atom is 0.220 e. The molecule has 32 heavy (non-hydrogen) atoms. The molecule has 1 heterocycles. The van der Waals surface area contributed by atoms with Crippen LogP contribution in [0.25, 0.3) is 10.9 Å². The maximum atomic E-state index is 12.7. The molecule has 4 aromatic rings. The number of carbonyl (C=O) groups excluding carboxylic acids is 1. The number of fused-ring (bicyclic) bond motifs is 1. The molecular formula is C27H28N2O3. The number of methoxy groups -OCH3 is 2. The third-order valence-electron chi connectivity index (χ3n) is 5.79. The minimum absolute atomic E-state index is 0.0283. The van der Waals surface area contributed by atoms with Gasteiger partial charge in [-0.1, -0.05) is 60.7 Å². The molecule has 1 amide bonds. The van der Waals surface area contributed by atoms with Crippen LogP contribution in [0.3, 0.4) is 0 Å². The Labute approximate surface area is 188 Å². The highest BCUT2D eigenvalue weighted by atomic mass is 16.5. The fraction of sp³-hybridized carbons (Fsp3) is 0.222. The summed E-state index contributed by atoms with van der Waals surface area (Å²) < 4.78 is 11.2. The molecular weight excluding hydrogens is 400 g/mol. The van der Waals surface area contributed by atoms with Crippen molar-refractivity contribution in [2.75, 3.05) is 20.8 Å². The molecule has 3 aromatic carbocycles. The number of benzene rings is 3. The standard InChI is InChI=1S/C27H28N2O3/c1-31-25-14-8-12-21(27(25)32-2)23(22-17-28-24-13-7-6-11-20(22)24)18-29-26(30)16-15-19-9-4-3-5-10-19/h3-14,17,23,28H,15-16,18H2,1-2H3,(H,29,30). The summed E-state index contributed by atoms with van der Waals surface area (Å²) in [4.78, 5) is 16.0. The van der Waals surface area contributed by atoms with Gasteiger partial charge in [0.25, 0.3) is 0 Å². The first-order chi connectivity index (χ1) is 15.7. The van der Waals surface area contributed by atoms with E-state index in [1.54, 1.807) is 14.2 Å². The number of carbonyl (C=O) groups is 1. The largest absolute Gasteiger partial charge is 0.493 e. The fourth-order valence-electron chi connectivity index (χ4n) is 4.16. The monoisotopic (exact) mass is 428 g/mol. The van der Waals surface area contributed by atoms with E-state index in [-0.39, 0.29) is 11.8 Å². The molecule has 4 rings (SSSR count). The van der Waals surface area contributed by atoms with Crippen molar-refractivity contribution in [3.8, 4) is 11.5 Å². The Hall–Kier alpha value is -3.73. The van der Waals surface area contributed by atoms with E-state index in [2.05, 4.69) is 22.4 Å². The molecule has 0 saturated carbocycles. The normalized spacial score (nSPS) is 11.8. The van der Waals surface area contributed by atoms with E-state index in [0.717, 1.165) is 27.6 Å². The van der Waals surface area contributed by atoms with E-state index >= 15 is 0 Å². The molecule has 1 aromatic heterocycles. The van der Waals surface area contributed by atoms with Crippen LogP contribution in [0, 0.1) is 0 Å². The van der Waals surface area contributed by atoms with Crippen LogP contribution in [0.2, 0.25) is 0 Å². The number of H-pyrrole nitrogens is 1. The second kappa shape index (κ2) is 10.1. The lowest BCUT2D eigenvalue weighted by atomic mass is 9.89. The Morgan fingerprint density at radius 1 is 0.906 bits per heavy atom. The summed E-state index contributed by atoms with van der Waals surface area (Å²) in [6.07, 6.45) is 3.18. The van der Waals surface area contributed by atoms with Gasteiger partial charge in [-0.2, -0.15) is 0 Å². The quantitative estimate of drug-likeness (QED) is 0.391. The van der Waals surface area contributed by atoms with E-state index in [4.69, 9.17) is 9.47 Å². The van der Waals surface area contributed by atoms with Gasteiger partial charge in [0, 0.05) is 41.5 Å². The van der Waals surface area contributed by atoms with Crippen LogP contribution >= 0.6 is 0 Å². The molecule has 1 atom stereocenters. The van der Waals surface area contributed by atoms with Crippen LogP contribution < -0.4 is 14.8 Å². The van der Waals surface area contributed by atoms with Gasteiger partial charge in [-0.25, -0.2) is 0 Å². The number of aromatic nitrogens is 1. The highest BCUT2D eigenvalue weighted by Gasteiger charge is 2.24. The van der Waals surface area contributed by atoms with Gasteiger partial charge < -0.3 is 19.8 Å². The van der Waals surface area contributed by atoms with E-state index in [0.29, 0.717) is 30.9 Å². The van der Waals surface area contributed by atoms with Crippen molar-refractivity contribution in [2.45, 2.75) is 18.8 Å². The number of hydrogen-bond acceptors (Lipinski definition) is 3. The second-order valence-corrected chi connectivity index (χ2v) is 7.71. The predicted molar refractivity (Wildman–Crippen MR) is 127 cm³/mol. The van der Waals surface area contributed by atoms with Crippen molar-refractivity contribution in [3.05, 3.63) is 95.7 Å². The van der Waals surface area contributed by atoms with Crippen molar-refractivity contribution >= 4 is 16.8 Å². The lowest BCUT2D eigenvalue weighted by molar-refractivity contribution is -0.121. The van der Waals surface area contributed by atoms with Crippen LogP contribution in [0.5, 0.6) is 11.5 Å². The molecule has 0 bridgehead atoms. The Morgan fingerprint density at radius 3 is 2.47 bits per heavy atom. The minimum atomic E-state index is -0.100. The number of amides is 1. The van der Waals surface area contributed by atoms with Crippen molar-refractivity contribution in [1.82, 2.24) is 10.3 Å². The SMILES string of the molecule is COc1cccc(C(CNC(=O)CCc2ccccc2)c2c[nH]c3ccccc23)c1OC. The van der Waals surface area contributed by atoms with E-state index in [9.17, 15) is 4.79 Å². The highest BCUT2D eigenvalue weighted by molar-refractivity contribution is 5.84. The van der Waals surface area contributed by atoms with E-state index in [1.807, 2.05) is 66.9 Å². The first kappa shape index (κ1) is 21.5. The van der Waals surface area contributed by atoms with Crippen molar-refractivity contribution in [2.24, 2.45) is 0 Å². The molecule has 0 aliphatic heterocycles. The fourth-order valence-corrected chi connectivity index (χ4v) is 4.16. The molecule has 1 unspecified atom stereocenters. The third-order valence-corrected chi connectivity index (χ3v) is 5.79. The second-order valence-electron chi connectivity index (χ2n) is 7.71. The van der Waals surface area contributed by atoms with Crippen LogP contribution in [-0.4, -0.2) is 31.7 Å². The van der Waals surface area contributed by atoms with Gasteiger partial charge in [0.15, 0.2) is 11.5 Å². The first-order valence-electron chi connectivity index (χ1n) is 10.8. The Bertz CT molecular complexity index is 1180. The summed E-state index contributed by atoms with van der Waals surface area (Å²) in [5.74, 6) is 1.28. The molecule has 0 aliphatic rings. The van der Waals surface area contributed by atoms with Crippen molar-refractivity contribution in [1.29, 1.82) is 0 Å². The molecule has 5 heteroatoms. The van der Waals surface area contributed by atoms with E-state index < -0.39 is 0 Å². The maximum absolute atomic E-state index is 12.7. The minimum Gasteiger partial charge on any atom is -0.493 e. The van der Waals surface area contributed by atoms with Gasteiger partial charge in [-0.3, -0.25) is 4.79 Å². The number of nitrogens with one attached hydrogen (secondary N) is 2. The topological polar surface area (TPSA) is 63.3 Å². The molecule has 0 fully saturated rings. The van der Waals surface area contributed by atoms with Crippen LogP contribution in [-0.2, 0) is 11.2 Å². The zero-order valence-corrected chi connectivity index (χ0v) is 18.4. The summed E-state index contributed by atoms with van der Waals surface area (Å²) in [6, 6.07) is 24.1. The molecule has 0 spiro atoms. The summed E-state index contributed by atoms with van der Waals surface area (Å²) in [5.41, 5.74) is 4.30. The molecule has 0 aliphatic carbocycles. The van der Waals surface area contributed by atoms with Gasteiger partial charge in [0.2, 0.25) is 5.91 Å². The Morgan fingerprint density at radius 2 is 1.69 bits per heavy atom. The van der Waals surface area contributed by atoms with Gasteiger partial charge in [-0.15, -0.1) is 0 Å². The lowest BCUT2D eigenvalue weighted by Gasteiger charge is -2.22. The summed E-state index contributed by atoms with van der Waals surface area (Å²) >= 11 is 0. The molecule has 164 valence electrons. The average Bonchev–Trinajstić information content (AvgIpc) is 3.27. The number of aromatic amines is 1. The molecule has 0 radical (unpaired) electrons. The summed E-state index contributed by atoms with van der Waals surface area (Å²) in [7, 11) is 3.28. The number of ether oxygens (including phenoxy) is 2. The zero-order chi connectivity index (χ0) is 22.3. The molecule has 5 nitrogen and oxygen atoms in total. The van der Waals surface area contributed by atoms with Crippen molar-refractivity contribution < 1.29 is 14.3 Å². The van der Waals surface area contributed by atoms with Gasteiger partial charge in [0.05, 0.1) is 14.2 Å². The number of aryl methyl sites for hydroxylation is 1. The van der Waals surface area contributed by atoms with Gasteiger partial charge in [-0.05, 0) is 29.7 Å². The number of para-hydroxylation sites is 2. The van der Waals surface area contributed by atoms with E-state index in [1.165, 1.54) is 0 Å². The third kappa shape index (κ3) is 4.62.